The molecular formula is C9H14N2O2. The van der Waals surface area contributed by atoms with E-state index in [1.165, 1.54) is 0 Å². The van der Waals surface area contributed by atoms with Crippen LogP contribution in [-0.2, 0) is 0 Å². The summed E-state index contributed by atoms with van der Waals surface area (Å²) >= 11 is 0. The Labute approximate surface area is 77.4 Å². The molecule has 0 saturated carbocycles. The third kappa shape index (κ3) is 3.75. The van der Waals surface area contributed by atoms with Gasteiger partial charge in [-0.3, -0.25) is 0 Å². The fourth-order valence-electron chi connectivity index (χ4n) is 0.754. The smallest absolute Gasteiger partial charge is 0.215 e. The standard InChI is InChI=1S/C9H14N2O2/c1-9(2,12)6-13-8-5-7(10)3-4-11-8/h3-5,12H,6H2,1-2H3,(H2,10,11). The Bertz CT molecular complexity index is 281. The van der Waals surface area contributed by atoms with Crippen molar-refractivity contribution >= 4 is 5.69 Å². The third-order valence-corrected chi connectivity index (χ3v) is 1.33. The highest BCUT2D eigenvalue weighted by atomic mass is 16.5. The lowest BCUT2D eigenvalue weighted by Gasteiger charge is -2.17. The summed E-state index contributed by atoms with van der Waals surface area (Å²) in [5, 5.41) is 9.36. The normalized spacial score (nSPS) is 11.3. The molecule has 0 saturated heterocycles. The Morgan fingerprint density at radius 3 is 2.85 bits per heavy atom. The molecule has 4 heteroatoms. The van der Waals surface area contributed by atoms with Gasteiger partial charge in [0.05, 0.1) is 5.60 Å². The van der Waals surface area contributed by atoms with Crippen LogP contribution in [0.1, 0.15) is 13.8 Å². The van der Waals surface area contributed by atoms with Crippen molar-refractivity contribution in [3.05, 3.63) is 18.3 Å². The predicted octanol–water partition coefficient (Wildman–Crippen LogP) is 0.814. The summed E-state index contributed by atoms with van der Waals surface area (Å²) in [4.78, 5) is 3.93. The summed E-state index contributed by atoms with van der Waals surface area (Å²) in [5.74, 6) is 0.433. The molecule has 1 aromatic rings. The lowest BCUT2D eigenvalue weighted by molar-refractivity contribution is 0.0268. The maximum atomic E-state index is 9.36. The summed E-state index contributed by atoms with van der Waals surface area (Å²) in [7, 11) is 0. The maximum Gasteiger partial charge on any atom is 0.215 e. The second-order valence-corrected chi connectivity index (χ2v) is 3.53. The predicted molar refractivity (Wildman–Crippen MR) is 50.4 cm³/mol. The number of nitrogen functional groups attached to an aromatic ring is 1. The van der Waals surface area contributed by atoms with Crippen molar-refractivity contribution in [1.29, 1.82) is 0 Å². The summed E-state index contributed by atoms with van der Waals surface area (Å²) in [6.07, 6.45) is 1.56. The minimum Gasteiger partial charge on any atom is -0.475 e. The van der Waals surface area contributed by atoms with Crippen LogP contribution in [0.5, 0.6) is 5.88 Å². The monoisotopic (exact) mass is 182 g/mol. The molecule has 0 spiro atoms. The number of hydrogen-bond acceptors (Lipinski definition) is 4. The maximum absolute atomic E-state index is 9.36. The van der Waals surface area contributed by atoms with Crippen LogP contribution in [0.3, 0.4) is 0 Å². The highest BCUT2D eigenvalue weighted by Crippen LogP contribution is 2.12. The summed E-state index contributed by atoms with van der Waals surface area (Å²) in [6.45, 7) is 3.53. The molecule has 0 aliphatic rings. The van der Waals surface area contributed by atoms with E-state index in [0.29, 0.717) is 11.6 Å². The molecule has 0 unspecified atom stereocenters. The van der Waals surface area contributed by atoms with Crippen LogP contribution in [0.4, 0.5) is 5.69 Å². The summed E-state index contributed by atoms with van der Waals surface area (Å²) in [6, 6.07) is 3.29. The minimum absolute atomic E-state index is 0.198. The van der Waals surface area contributed by atoms with E-state index in [1.807, 2.05) is 0 Å². The molecule has 4 nitrogen and oxygen atoms in total. The first-order valence-electron chi connectivity index (χ1n) is 4.04. The molecule has 0 radical (unpaired) electrons. The van der Waals surface area contributed by atoms with Crippen molar-refractivity contribution in [2.45, 2.75) is 19.4 Å². The summed E-state index contributed by atoms with van der Waals surface area (Å²) in [5.41, 5.74) is 5.26. The van der Waals surface area contributed by atoms with E-state index in [9.17, 15) is 5.11 Å². The van der Waals surface area contributed by atoms with Gasteiger partial charge in [-0.1, -0.05) is 0 Å². The lowest BCUT2D eigenvalue weighted by Crippen LogP contribution is -2.28. The van der Waals surface area contributed by atoms with E-state index in [4.69, 9.17) is 10.5 Å². The molecule has 1 heterocycles. The highest BCUT2D eigenvalue weighted by molar-refractivity contribution is 5.39. The number of rotatable bonds is 3. The van der Waals surface area contributed by atoms with Gasteiger partial charge in [0.1, 0.15) is 6.61 Å². The van der Waals surface area contributed by atoms with Crippen molar-refractivity contribution in [2.24, 2.45) is 0 Å². The fourth-order valence-corrected chi connectivity index (χ4v) is 0.754. The lowest BCUT2D eigenvalue weighted by atomic mass is 10.2. The number of aliphatic hydroxyl groups is 1. The van der Waals surface area contributed by atoms with E-state index in [1.54, 1.807) is 32.2 Å². The van der Waals surface area contributed by atoms with Gasteiger partial charge in [-0.2, -0.15) is 0 Å². The first-order valence-corrected chi connectivity index (χ1v) is 4.04. The zero-order valence-electron chi connectivity index (χ0n) is 7.82. The average molecular weight is 182 g/mol. The van der Waals surface area contributed by atoms with Crippen molar-refractivity contribution in [3.8, 4) is 5.88 Å². The van der Waals surface area contributed by atoms with Gasteiger partial charge in [-0.05, 0) is 19.9 Å². The highest BCUT2D eigenvalue weighted by Gasteiger charge is 2.13. The molecule has 72 valence electrons. The fraction of sp³-hybridized carbons (Fsp3) is 0.444. The number of nitrogens with two attached hydrogens (primary N) is 1. The van der Waals surface area contributed by atoms with Crippen LogP contribution in [0.25, 0.3) is 0 Å². The van der Waals surface area contributed by atoms with Gasteiger partial charge in [-0.25, -0.2) is 4.98 Å². The van der Waals surface area contributed by atoms with Crippen LogP contribution in [-0.4, -0.2) is 22.3 Å². The van der Waals surface area contributed by atoms with Gasteiger partial charge in [0.25, 0.3) is 0 Å². The Balaban J connectivity index is 2.55. The molecule has 0 atom stereocenters. The van der Waals surface area contributed by atoms with Gasteiger partial charge in [0.2, 0.25) is 5.88 Å². The van der Waals surface area contributed by atoms with Crippen LogP contribution >= 0.6 is 0 Å². The Hall–Kier alpha value is -1.29. The Morgan fingerprint density at radius 2 is 2.31 bits per heavy atom. The first kappa shape index (κ1) is 9.80. The van der Waals surface area contributed by atoms with E-state index < -0.39 is 5.60 Å². The van der Waals surface area contributed by atoms with Crippen LogP contribution < -0.4 is 10.5 Å². The second kappa shape index (κ2) is 3.62. The Kier molecular flexibility index (Phi) is 2.72. The molecule has 0 amide bonds. The number of ether oxygens (including phenoxy) is 1. The average Bonchev–Trinajstić information content (AvgIpc) is 2.00. The van der Waals surface area contributed by atoms with Crippen molar-refractivity contribution in [2.75, 3.05) is 12.3 Å². The largest absolute Gasteiger partial charge is 0.475 e. The van der Waals surface area contributed by atoms with Crippen molar-refractivity contribution < 1.29 is 9.84 Å². The molecule has 0 aliphatic carbocycles. The molecule has 1 aromatic heterocycles. The van der Waals surface area contributed by atoms with Crippen molar-refractivity contribution in [3.63, 3.8) is 0 Å². The van der Waals surface area contributed by atoms with Crippen LogP contribution in [0.2, 0.25) is 0 Å². The zero-order chi connectivity index (χ0) is 9.90. The van der Waals surface area contributed by atoms with E-state index in [0.717, 1.165) is 0 Å². The van der Waals surface area contributed by atoms with E-state index in [2.05, 4.69) is 4.98 Å². The molecule has 0 fully saturated rings. The van der Waals surface area contributed by atoms with Gasteiger partial charge in [0.15, 0.2) is 0 Å². The quantitative estimate of drug-likeness (QED) is 0.726. The van der Waals surface area contributed by atoms with Gasteiger partial charge in [-0.15, -0.1) is 0 Å². The third-order valence-electron chi connectivity index (χ3n) is 1.33. The van der Waals surface area contributed by atoms with Crippen LogP contribution in [0.15, 0.2) is 18.3 Å². The number of hydrogen-bond donors (Lipinski definition) is 2. The number of pyridine rings is 1. The minimum atomic E-state index is -0.855. The van der Waals surface area contributed by atoms with E-state index >= 15 is 0 Å². The van der Waals surface area contributed by atoms with E-state index in [-0.39, 0.29) is 6.61 Å². The number of anilines is 1. The molecule has 0 bridgehead atoms. The zero-order valence-corrected chi connectivity index (χ0v) is 7.82. The number of aromatic nitrogens is 1. The molecule has 0 aliphatic heterocycles. The van der Waals surface area contributed by atoms with Gasteiger partial charge in [0, 0.05) is 18.0 Å². The second-order valence-electron chi connectivity index (χ2n) is 3.53. The van der Waals surface area contributed by atoms with Crippen molar-refractivity contribution in [1.82, 2.24) is 4.98 Å². The molecular weight excluding hydrogens is 168 g/mol. The summed E-state index contributed by atoms with van der Waals surface area (Å²) < 4.78 is 5.21. The Morgan fingerprint density at radius 1 is 1.62 bits per heavy atom. The van der Waals surface area contributed by atoms with Crippen LogP contribution in [0, 0.1) is 0 Å². The molecule has 3 N–H and O–H groups in total. The SMILES string of the molecule is CC(C)(O)COc1cc(N)ccn1. The topological polar surface area (TPSA) is 68.4 Å². The molecule has 13 heavy (non-hydrogen) atoms. The molecule has 0 aromatic carbocycles. The number of nitrogens with zero attached hydrogens (tertiary/aromatic N) is 1. The van der Waals surface area contributed by atoms with Gasteiger partial charge >= 0.3 is 0 Å². The molecule has 1 rings (SSSR count). The van der Waals surface area contributed by atoms with Gasteiger partial charge < -0.3 is 15.6 Å². The first-order chi connectivity index (χ1) is 5.97.